The molecule has 0 aliphatic heterocycles. The lowest BCUT2D eigenvalue weighted by Crippen LogP contribution is -1.99. The predicted octanol–water partition coefficient (Wildman–Crippen LogP) is 13.7. The molecule has 0 saturated carbocycles. The minimum Gasteiger partial charge on any atom is -0.261 e. The molecule has 2 aromatic heterocycles. The third-order valence-electron chi connectivity index (χ3n) is 6.21. The summed E-state index contributed by atoms with van der Waals surface area (Å²) in [7, 11) is 0. The molecule has 0 N–H and O–H groups in total. The van der Waals surface area contributed by atoms with Gasteiger partial charge in [-0.25, -0.2) is 9.97 Å². The molecule has 0 aliphatic carbocycles. The van der Waals surface area contributed by atoms with Gasteiger partial charge in [0, 0.05) is 30.2 Å². The minimum absolute atomic E-state index is 0. The average molecular weight is 596 g/mol. The number of nitrogens with zero attached hydrogens (tertiary/aromatic N) is 3. The zero-order valence-electron chi connectivity index (χ0n) is 31.0. The number of rotatable bonds is 6. The number of pyridine rings is 1. The summed E-state index contributed by atoms with van der Waals surface area (Å²) in [5.74, 6) is 4.28. The van der Waals surface area contributed by atoms with Gasteiger partial charge in [-0.1, -0.05) is 162 Å². The third kappa shape index (κ3) is 20.9. The van der Waals surface area contributed by atoms with Gasteiger partial charge in [0.15, 0.2) is 0 Å². The van der Waals surface area contributed by atoms with Gasteiger partial charge in [0.05, 0.1) is 0 Å². The average Bonchev–Trinajstić information content (AvgIpc) is 3.01. The molecule has 0 spiro atoms. The number of hydrogen-bond acceptors (Lipinski definition) is 3. The first-order valence-electron chi connectivity index (χ1n) is 16.7. The third-order valence-corrected chi connectivity index (χ3v) is 6.21. The Labute approximate surface area is 270 Å². The molecule has 3 rings (SSSR count). The summed E-state index contributed by atoms with van der Waals surface area (Å²) in [6.07, 6.45) is 5.83. The van der Waals surface area contributed by atoms with Crippen molar-refractivity contribution >= 4 is 0 Å². The topological polar surface area (TPSA) is 38.7 Å². The van der Waals surface area contributed by atoms with Crippen LogP contribution >= 0.6 is 0 Å². The number of hydrogen-bond donors (Lipinski definition) is 0. The van der Waals surface area contributed by atoms with Crippen LogP contribution in [0.4, 0.5) is 0 Å². The second-order valence-electron chi connectivity index (χ2n) is 11.5. The monoisotopic (exact) mass is 596 g/mol. The molecule has 3 nitrogen and oxygen atoms in total. The molecule has 2 heterocycles. The summed E-state index contributed by atoms with van der Waals surface area (Å²) >= 11 is 0. The SMILES string of the molecule is C.CC.CC.CC.CC(C)c1ccc(C(C)C)cc1.CC(C)c1ccc(C(C)C)nc1.CC(C)c1cnc(C(C)C)nc1. The van der Waals surface area contributed by atoms with Crippen LogP contribution < -0.4 is 0 Å². The van der Waals surface area contributed by atoms with Gasteiger partial charge in [-0.2, -0.15) is 0 Å². The van der Waals surface area contributed by atoms with Crippen molar-refractivity contribution in [2.45, 2.75) is 168 Å². The summed E-state index contributed by atoms with van der Waals surface area (Å²) in [5.41, 5.74) is 6.57. The maximum atomic E-state index is 4.40. The molecule has 0 fully saturated rings. The summed E-state index contributed by atoms with van der Waals surface area (Å²) in [6.45, 7) is 38.1. The second kappa shape index (κ2) is 28.2. The molecular weight excluding hydrogens is 522 g/mol. The van der Waals surface area contributed by atoms with E-state index in [1.807, 2.05) is 60.1 Å². The van der Waals surface area contributed by atoms with Gasteiger partial charge < -0.3 is 0 Å². The molecule has 0 bridgehead atoms. The van der Waals surface area contributed by atoms with Crippen molar-refractivity contribution in [3.63, 3.8) is 0 Å². The van der Waals surface area contributed by atoms with Crippen LogP contribution in [-0.2, 0) is 0 Å². The maximum absolute atomic E-state index is 4.40. The Hall–Kier alpha value is -2.55. The molecule has 1 aromatic carbocycles. The molecule has 0 atom stereocenters. The number of aromatic nitrogens is 3. The highest BCUT2D eigenvalue weighted by Crippen LogP contribution is 2.19. The Balaban J connectivity index is -0.000000241. The van der Waals surface area contributed by atoms with Gasteiger partial charge in [0.25, 0.3) is 0 Å². The fourth-order valence-electron chi connectivity index (χ4n) is 3.31. The standard InChI is InChI=1S/C12H18.C11H17N.C10H16N2.3C2H6.CH4/c1-9(2)11-5-7-12(8-6-11)10(3)4;1-8(2)10-5-6-11(9(3)4)12-7-10;1-7(2)9-5-11-10(8(3)4)12-6-9;3*1-2;/h5-10H,1-4H3;5-9H,1-4H3;5-8H,1-4H3;3*1-2H3;1H4. The minimum atomic E-state index is 0. The van der Waals surface area contributed by atoms with Crippen LogP contribution in [-0.4, -0.2) is 15.0 Å². The lowest BCUT2D eigenvalue weighted by molar-refractivity contribution is 0.754. The molecule has 0 aliphatic rings. The van der Waals surface area contributed by atoms with Crippen LogP contribution in [0.5, 0.6) is 0 Å². The quantitative estimate of drug-likeness (QED) is 0.284. The summed E-state index contributed by atoms with van der Waals surface area (Å²) in [6, 6.07) is 13.2. The van der Waals surface area contributed by atoms with Crippen molar-refractivity contribution in [2.24, 2.45) is 0 Å². The van der Waals surface area contributed by atoms with E-state index in [9.17, 15) is 0 Å². The van der Waals surface area contributed by atoms with E-state index in [-0.39, 0.29) is 7.43 Å². The summed E-state index contributed by atoms with van der Waals surface area (Å²) in [4.78, 5) is 13.0. The van der Waals surface area contributed by atoms with Crippen molar-refractivity contribution in [1.82, 2.24) is 15.0 Å². The highest BCUT2D eigenvalue weighted by Gasteiger charge is 2.04. The van der Waals surface area contributed by atoms with Crippen LogP contribution in [0.3, 0.4) is 0 Å². The second-order valence-corrected chi connectivity index (χ2v) is 11.5. The van der Waals surface area contributed by atoms with Crippen molar-refractivity contribution in [3.8, 4) is 0 Å². The Kier molecular flexibility index (Phi) is 31.1. The van der Waals surface area contributed by atoms with Gasteiger partial charge in [0.2, 0.25) is 0 Å². The molecule has 0 radical (unpaired) electrons. The largest absolute Gasteiger partial charge is 0.261 e. The van der Waals surface area contributed by atoms with Crippen LogP contribution in [0.25, 0.3) is 0 Å². The molecule has 248 valence electrons. The van der Waals surface area contributed by atoms with E-state index < -0.39 is 0 Å². The van der Waals surface area contributed by atoms with Crippen molar-refractivity contribution in [2.75, 3.05) is 0 Å². The zero-order valence-corrected chi connectivity index (χ0v) is 31.0. The van der Waals surface area contributed by atoms with E-state index in [0.29, 0.717) is 35.5 Å². The van der Waals surface area contributed by atoms with E-state index in [2.05, 4.69) is 134 Å². The smallest absolute Gasteiger partial charge is 0.130 e. The first kappa shape index (κ1) is 47.4. The molecule has 3 aromatic rings. The van der Waals surface area contributed by atoms with E-state index in [4.69, 9.17) is 0 Å². The van der Waals surface area contributed by atoms with E-state index in [1.165, 1.54) is 27.9 Å². The van der Waals surface area contributed by atoms with Crippen LogP contribution in [0.1, 0.15) is 201 Å². The fourth-order valence-corrected chi connectivity index (χ4v) is 3.31. The molecule has 3 heteroatoms. The normalized spacial score (nSPS) is 9.77. The van der Waals surface area contributed by atoms with Crippen molar-refractivity contribution in [3.05, 3.63) is 88.8 Å². The summed E-state index contributed by atoms with van der Waals surface area (Å²) in [5, 5.41) is 0. The first-order chi connectivity index (χ1) is 19.8. The molecule has 0 saturated heterocycles. The van der Waals surface area contributed by atoms with Crippen molar-refractivity contribution < 1.29 is 0 Å². The molecule has 43 heavy (non-hydrogen) atoms. The summed E-state index contributed by atoms with van der Waals surface area (Å²) < 4.78 is 0. The Morgan fingerprint density at radius 2 is 0.651 bits per heavy atom. The van der Waals surface area contributed by atoms with Gasteiger partial charge >= 0.3 is 0 Å². The van der Waals surface area contributed by atoms with Crippen molar-refractivity contribution in [1.29, 1.82) is 0 Å². The predicted molar refractivity (Wildman–Crippen MR) is 198 cm³/mol. The van der Waals surface area contributed by atoms with Crippen LogP contribution in [0.15, 0.2) is 55.0 Å². The molecule has 0 unspecified atom stereocenters. The molecule has 0 amide bonds. The lowest BCUT2D eigenvalue weighted by Gasteiger charge is -2.08. The Bertz CT molecular complexity index is 753. The van der Waals surface area contributed by atoms with Crippen LogP contribution in [0.2, 0.25) is 0 Å². The van der Waals surface area contributed by atoms with Gasteiger partial charge in [-0.3, -0.25) is 4.98 Å². The Morgan fingerprint density at radius 1 is 0.349 bits per heavy atom. The maximum Gasteiger partial charge on any atom is 0.130 e. The van der Waals surface area contributed by atoms with E-state index in [0.717, 1.165) is 5.82 Å². The molecular formula is C40H73N3. The van der Waals surface area contributed by atoms with Gasteiger partial charge in [-0.15, -0.1) is 0 Å². The van der Waals surface area contributed by atoms with Gasteiger partial charge in [0.1, 0.15) is 5.82 Å². The fraction of sp³-hybridized carbons (Fsp3) is 0.625. The highest BCUT2D eigenvalue weighted by atomic mass is 14.9. The lowest BCUT2D eigenvalue weighted by atomic mass is 9.97. The van der Waals surface area contributed by atoms with E-state index >= 15 is 0 Å². The van der Waals surface area contributed by atoms with Gasteiger partial charge in [-0.05, 0) is 57.9 Å². The van der Waals surface area contributed by atoms with Crippen LogP contribution in [0, 0.1) is 0 Å². The zero-order chi connectivity index (χ0) is 33.4. The number of benzene rings is 1. The van der Waals surface area contributed by atoms with E-state index in [1.54, 1.807) is 0 Å². The highest BCUT2D eigenvalue weighted by molar-refractivity contribution is 5.26. The first-order valence-corrected chi connectivity index (χ1v) is 16.7. The Morgan fingerprint density at radius 3 is 0.884 bits per heavy atom.